The molecule has 0 bridgehead atoms. The monoisotopic (exact) mass is 426 g/mol. The number of sulfonamides is 1. The van der Waals surface area contributed by atoms with Gasteiger partial charge >= 0.3 is 0 Å². The van der Waals surface area contributed by atoms with Gasteiger partial charge in [-0.1, -0.05) is 28.1 Å². The maximum Gasteiger partial charge on any atom is 0.265 e. The molecule has 2 aromatic carbocycles. The van der Waals surface area contributed by atoms with Crippen LogP contribution in [0.4, 0.5) is 5.69 Å². The molecular formula is C17H19BrN2O4S. The molecule has 134 valence electrons. The number of carbonyl (C=O) groups is 1. The summed E-state index contributed by atoms with van der Waals surface area (Å²) in [6.07, 6.45) is -0.795. The molecule has 0 aliphatic carbocycles. The van der Waals surface area contributed by atoms with Crippen molar-refractivity contribution in [2.24, 2.45) is 0 Å². The maximum atomic E-state index is 12.4. The number of anilines is 1. The number of nitrogens with one attached hydrogen (secondary N) is 1. The number of carbonyl (C=O) groups excluding carboxylic acids is 1. The summed E-state index contributed by atoms with van der Waals surface area (Å²) in [5.41, 5.74) is 0.215. The zero-order valence-corrected chi connectivity index (χ0v) is 16.5. The molecule has 2 aromatic rings. The number of ether oxygens (including phenoxy) is 1. The molecule has 0 aromatic heterocycles. The first kappa shape index (κ1) is 19.4. The lowest BCUT2D eigenvalue weighted by molar-refractivity contribution is -0.122. The second kappa shape index (κ2) is 7.99. The van der Waals surface area contributed by atoms with Gasteiger partial charge in [-0.15, -0.1) is 0 Å². The minimum absolute atomic E-state index is 0.0317. The third-order valence-electron chi connectivity index (χ3n) is 3.40. The van der Waals surface area contributed by atoms with Crippen LogP contribution in [0.15, 0.2) is 57.9 Å². The van der Waals surface area contributed by atoms with Crippen molar-refractivity contribution in [1.29, 1.82) is 0 Å². The second-order valence-electron chi connectivity index (χ2n) is 5.49. The summed E-state index contributed by atoms with van der Waals surface area (Å²) in [4.78, 5) is 12.4. The highest BCUT2D eigenvalue weighted by Crippen LogP contribution is 2.24. The number of hydrogen-bond donors (Lipinski definition) is 1. The first-order chi connectivity index (χ1) is 11.7. The number of hydrogen-bond acceptors (Lipinski definition) is 4. The molecule has 0 spiro atoms. The van der Waals surface area contributed by atoms with Crippen molar-refractivity contribution in [3.63, 3.8) is 0 Å². The molecular weight excluding hydrogens is 408 g/mol. The Labute approximate surface area is 156 Å². The molecule has 25 heavy (non-hydrogen) atoms. The second-order valence-corrected chi connectivity index (χ2v) is 8.52. The van der Waals surface area contributed by atoms with E-state index in [-0.39, 0.29) is 10.6 Å². The molecule has 0 unspecified atom stereocenters. The van der Waals surface area contributed by atoms with Crippen LogP contribution in [0.25, 0.3) is 0 Å². The highest BCUT2D eigenvalue weighted by molar-refractivity contribution is 9.10. The van der Waals surface area contributed by atoms with E-state index in [0.717, 1.165) is 8.78 Å². The third-order valence-corrected chi connectivity index (χ3v) is 5.80. The predicted octanol–water partition coefficient (Wildman–Crippen LogP) is 3.11. The minimum Gasteiger partial charge on any atom is -0.481 e. The third kappa shape index (κ3) is 4.81. The number of nitrogens with zero attached hydrogens (tertiary/aromatic N) is 1. The summed E-state index contributed by atoms with van der Waals surface area (Å²) in [5, 5.41) is 2.62. The Kier molecular flexibility index (Phi) is 6.21. The summed E-state index contributed by atoms with van der Waals surface area (Å²) in [5.74, 6) is 0.101. The number of benzene rings is 2. The summed E-state index contributed by atoms with van der Waals surface area (Å²) in [7, 11) is -0.795. The molecule has 1 atom stereocenters. The van der Waals surface area contributed by atoms with Crippen molar-refractivity contribution < 1.29 is 17.9 Å². The van der Waals surface area contributed by atoms with Crippen molar-refractivity contribution in [2.75, 3.05) is 19.4 Å². The summed E-state index contributed by atoms with van der Waals surface area (Å²) in [6, 6.07) is 13.3. The lowest BCUT2D eigenvalue weighted by Crippen LogP contribution is -2.31. The van der Waals surface area contributed by atoms with Gasteiger partial charge in [0.05, 0.1) is 5.69 Å². The summed E-state index contributed by atoms with van der Waals surface area (Å²) in [6.45, 7) is 1.60. The first-order valence-electron chi connectivity index (χ1n) is 7.46. The van der Waals surface area contributed by atoms with Crippen LogP contribution in [-0.4, -0.2) is 38.8 Å². The van der Waals surface area contributed by atoms with Crippen molar-refractivity contribution in [2.45, 2.75) is 17.9 Å². The molecule has 0 saturated carbocycles. The van der Waals surface area contributed by atoms with Gasteiger partial charge in [-0.25, -0.2) is 12.7 Å². The molecule has 0 radical (unpaired) electrons. The number of amides is 1. The van der Waals surface area contributed by atoms with Crippen LogP contribution in [0.1, 0.15) is 6.92 Å². The number of rotatable bonds is 6. The van der Waals surface area contributed by atoms with E-state index in [0.29, 0.717) is 5.75 Å². The maximum absolute atomic E-state index is 12.4. The highest BCUT2D eigenvalue weighted by atomic mass is 79.9. The SMILES string of the molecule is C[C@H](Oc1ccc(Br)cc1)C(=O)Nc1ccccc1S(=O)(=O)N(C)C. The molecule has 0 aliphatic rings. The Morgan fingerprint density at radius 3 is 2.32 bits per heavy atom. The number of para-hydroxylation sites is 1. The van der Waals surface area contributed by atoms with Crippen LogP contribution >= 0.6 is 15.9 Å². The van der Waals surface area contributed by atoms with Crippen molar-refractivity contribution in [3.05, 3.63) is 53.0 Å². The van der Waals surface area contributed by atoms with Gasteiger partial charge in [0.25, 0.3) is 5.91 Å². The van der Waals surface area contributed by atoms with E-state index in [1.165, 1.54) is 20.2 Å². The van der Waals surface area contributed by atoms with Crippen LogP contribution in [0.3, 0.4) is 0 Å². The van der Waals surface area contributed by atoms with Gasteiger partial charge in [0.2, 0.25) is 10.0 Å². The lowest BCUT2D eigenvalue weighted by atomic mass is 10.3. The smallest absolute Gasteiger partial charge is 0.265 e. The Bertz CT molecular complexity index is 851. The quantitative estimate of drug-likeness (QED) is 0.769. The van der Waals surface area contributed by atoms with E-state index in [9.17, 15) is 13.2 Å². The standard InChI is InChI=1S/C17H19BrN2O4S/c1-12(24-14-10-8-13(18)9-11-14)17(21)19-15-6-4-5-7-16(15)25(22,23)20(2)3/h4-12H,1-3H3,(H,19,21)/t12-/m0/s1. The van der Waals surface area contributed by atoms with Crippen LogP contribution in [0.2, 0.25) is 0 Å². The fourth-order valence-electron chi connectivity index (χ4n) is 2.00. The molecule has 0 fully saturated rings. The zero-order valence-electron chi connectivity index (χ0n) is 14.1. The highest BCUT2D eigenvalue weighted by Gasteiger charge is 2.23. The molecule has 0 saturated heterocycles. The van der Waals surface area contributed by atoms with E-state index in [4.69, 9.17) is 4.74 Å². The van der Waals surface area contributed by atoms with Gasteiger partial charge in [-0.3, -0.25) is 4.79 Å². The van der Waals surface area contributed by atoms with E-state index >= 15 is 0 Å². The largest absolute Gasteiger partial charge is 0.481 e. The van der Waals surface area contributed by atoms with E-state index in [2.05, 4.69) is 21.2 Å². The Morgan fingerprint density at radius 2 is 1.72 bits per heavy atom. The van der Waals surface area contributed by atoms with Crippen LogP contribution in [-0.2, 0) is 14.8 Å². The molecule has 1 N–H and O–H groups in total. The molecule has 2 rings (SSSR count). The number of halogens is 1. The minimum atomic E-state index is -3.67. The predicted molar refractivity (Wildman–Crippen MR) is 100 cm³/mol. The average Bonchev–Trinajstić information content (AvgIpc) is 2.57. The average molecular weight is 427 g/mol. The van der Waals surface area contributed by atoms with E-state index in [1.54, 1.807) is 49.4 Å². The van der Waals surface area contributed by atoms with Crippen LogP contribution < -0.4 is 10.1 Å². The van der Waals surface area contributed by atoms with Crippen molar-refractivity contribution in [3.8, 4) is 5.75 Å². The van der Waals surface area contributed by atoms with E-state index < -0.39 is 22.0 Å². The Hall–Kier alpha value is -1.90. The summed E-state index contributed by atoms with van der Waals surface area (Å²) >= 11 is 3.33. The molecule has 6 nitrogen and oxygen atoms in total. The molecule has 1 amide bonds. The fraction of sp³-hybridized carbons (Fsp3) is 0.235. The van der Waals surface area contributed by atoms with Crippen molar-refractivity contribution >= 4 is 37.5 Å². The topological polar surface area (TPSA) is 75.7 Å². The zero-order chi connectivity index (χ0) is 18.6. The van der Waals surface area contributed by atoms with Gasteiger partial charge < -0.3 is 10.1 Å². The van der Waals surface area contributed by atoms with Gasteiger partial charge in [0, 0.05) is 18.6 Å². The van der Waals surface area contributed by atoms with Gasteiger partial charge in [-0.05, 0) is 43.3 Å². The normalized spacial score (nSPS) is 12.7. The Morgan fingerprint density at radius 1 is 1.12 bits per heavy atom. The Balaban J connectivity index is 2.16. The van der Waals surface area contributed by atoms with Crippen LogP contribution in [0.5, 0.6) is 5.75 Å². The fourth-order valence-corrected chi connectivity index (χ4v) is 3.30. The summed E-state index contributed by atoms with van der Waals surface area (Å²) < 4.78 is 32.3. The molecule has 0 aliphatic heterocycles. The molecule has 8 heteroatoms. The molecule has 0 heterocycles. The van der Waals surface area contributed by atoms with Crippen LogP contribution in [0, 0.1) is 0 Å². The van der Waals surface area contributed by atoms with Gasteiger partial charge in [0.1, 0.15) is 10.6 Å². The first-order valence-corrected chi connectivity index (χ1v) is 9.70. The van der Waals surface area contributed by atoms with E-state index in [1.807, 2.05) is 0 Å². The van der Waals surface area contributed by atoms with Gasteiger partial charge in [-0.2, -0.15) is 0 Å². The lowest BCUT2D eigenvalue weighted by Gasteiger charge is -2.18. The van der Waals surface area contributed by atoms with Gasteiger partial charge in [0.15, 0.2) is 6.10 Å². The van der Waals surface area contributed by atoms with Crippen molar-refractivity contribution in [1.82, 2.24) is 4.31 Å².